The highest BCUT2D eigenvalue weighted by Gasteiger charge is 2.11. The molecule has 108 valence electrons. The van der Waals surface area contributed by atoms with Crippen molar-refractivity contribution in [1.82, 2.24) is 5.32 Å². The Morgan fingerprint density at radius 1 is 1.32 bits per heavy atom. The molecule has 0 heterocycles. The second-order valence-electron chi connectivity index (χ2n) is 4.25. The molecule has 0 saturated carbocycles. The largest absolute Gasteiger partial charge is 0.493 e. The topological polar surface area (TPSA) is 30.5 Å². The Balaban J connectivity index is 2.66. The molecule has 0 bridgehead atoms. The zero-order valence-corrected chi connectivity index (χ0v) is 14.4. The fraction of sp³-hybridized carbons (Fsp3) is 0.571. The molecule has 0 aromatic heterocycles. The average Bonchev–Trinajstić information content (AvgIpc) is 2.42. The van der Waals surface area contributed by atoms with Crippen molar-refractivity contribution in [3.8, 4) is 11.5 Å². The van der Waals surface area contributed by atoms with Crippen molar-refractivity contribution in [2.75, 3.05) is 25.7 Å². The van der Waals surface area contributed by atoms with E-state index in [2.05, 4.69) is 41.2 Å². The van der Waals surface area contributed by atoms with Crippen LogP contribution in [-0.4, -0.2) is 31.8 Å². The zero-order chi connectivity index (χ0) is 14.3. The second kappa shape index (κ2) is 8.72. The number of thioether (sulfide) groups is 1. The molecule has 0 spiro atoms. The summed E-state index contributed by atoms with van der Waals surface area (Å²) in [4.78, 5) is 0. The first kappa shape index (κ1) is 16.7. The Labute approximate surface area is 128 Å². The smallest absolute Gasteiger partial charge is 0.174 e. The molecule has 0 aliphatic heterocycles. The number of ether oxygens (including phenoxy) is 2. The third-order valence-electron chi connectivity index (χ3n) is 2.72. The van der Waals surface area contributed by atoms with Gasteiger partial charge in [0.15, 0.2) is 11.5 Å². The summed E-state index contributed by atoms with van der Waals surface area (Å²) in [6.45, 7) is 5.21. The van der Waals surface area contributed by atoms with Crippen LogP contribution in [0.2, 0.25) is 0 Å². The number of rotatable bonds is 8. The molecular weight excluding hydrogens is 326 g/mol. The molecular formula is C14H22BrNO2S. The van der Waals surface area contributed by atoms with Gasteiger partial charge < -0.3 is 14.8 Å². The van der Waals surface area contributed by atoms with E-state index in [4.69, 9.17) is 9.47 Å². The van der Waals surface area contributed by atoms with E-state index in [-0.39, 0.29) is 0 Å². The summed E-state index contributed by atoms with van der Waals surface area (Å²) in [6.07, 6.45) is 0. The van der Waals surface area contributed by atoms with E-state index < -0.39 is 0 Å². The van der Waals surface area contributed by atoms with E-state index >= 15 is 0 Å². The van der Waals surface area contributed by atoms with Gasteiger partial charge >= 0.3 is 0 Å². The molecule has 1 rings (SSSR count). The molecule has 1 atom stereocenters. The van der Waals surface area contributed by atoms with Crippen LogP contribution in [-0.2, 0) is 6.54 Å². The van der Waals surface area contributed by atoms with Crippen molar-refractivity contribution in [2.45, 2.75) is 26.4 Å². The molecule has 19 heavy (non-hydrogen) atoms. The Bertz CT molecular complexity index is 401. The molecule has 3 nitrogen and oxygen atoms in total. The molecule has 5 heteroatoms. The first-order chi connectivity index (χ1) is 9.12. The average molecular weight is 348 g/mol. The fourth-order valence-corrected chi connectivity index (χ4v) is 3.08. The summed E-state index contributed by atoms with van der Waals surface area (Å²) in [5.74, 6) is 3.78. The number of benzene rings is 1. The molecule has 0 amide bonds. The molecule has 1 N–H and O–H groups in total. The minimum atomic E-state index is 0.497. The lowest BCUT2D eigenvalue weighted by Gasteiger charge is -2.15. The van der Waals surface area contributed by atoms with Gasteiger partial charge in [-0.15, -0.1) is 0 Å². The predicted molar refractivity (Wildman–Crippen MR) is 86.5 cm³/mol. The zero-order valence-electron chi connectivity index (χ0n) is 12.0. The molecule has 1 aromatic carbocycles. The Kier molecular flexibility index (Phi) is 7.64. The first-order valence-corrected chi connectivity index (χ1v) is 8.28. The summed E-state index contributed by atoms with van der Waals surface area (Å²) >= 11 is 5.46. The van der Waals surface area contributed by atoms with Crippen LogP contribution in [0.3, 0.4) is 0 Å². The normalized spacial score (nSPS) is 12.3. The monoisotopic (exact) mass is 347 g/mol. The van der Waals surface area contributed by atoms with Crippen molar-refractivity contribution >= 4 is 27.7 Å². The summed E-state index contributed by atoms with van der Waals surface area (Å²) in [5, 5.41) is 3.51. The molecule has 0 aliphatic carbocycles. The second-order valence-corrected chi connectivity index (χ2v) is 6.43. The van der Waals surface area contributed by atoms with Crippen molar-refractivity contribution in [1.29, 1.82) is 0 Å². The summed E-state index contributed by atoms with van der Waals surface area (Å²) < 4.78 is 11.6. The minimum Gasteiger partial charge on any atom is -0.493 e. The summed E-state index contributed by atoms with van der Waals surface area (Å²) in [5.41, 5.74) is 1.18. The quantitative estimate of drug-likeness (QED) is 0.776. The summed E-state index contributed by atoms with van der Waals surface area (Å²) in [6, 6.07) is 4.57. The van der Waals surface area contributed by atoms with Gasteiger partial charge in [0.25, 0.3) is 0 Å². The first-order valence-electron chi connectivity index (χ1n) is 6.33. The van der Waals surface area contributed by atoms with Crippen LogP contribution in [0.25, 0.3) is 0 Å². The van der Waals surface area contributed by atoms with Crippen LogP contribution in [0.4, 0.5) is 0 Å². The standard InChI is InChI=1S/C14H22BrNO2S/c1-5-19-9-10(2)16-8-11-6-12(15)14(18-4)13(7-11)17-3/h6-7,10,16H,5,8-9H2,1-4H3. The van der Waals surface area contributed by atoms with Crippen LogP contribution < -0.4 is 14.8 Å². The van der Waals surface area contributed by atoms with Gasteiger partial charge in [-0.25, -0.2) is 0 Å². The van der Waals surface area contributed by atoms with Gasteiger partial charge in [0.2, 0.25) is 0 Å². The van der Waals surface area contributed by atoms with Crippen LogP contribution >= 0.6 is 27.7 Å². The lowest BCUT2D eigenvalue weighted by atomic mass is 10.2. The van der Waals surface area contributed by atoms with Crippen LogP contribution in [0.5, 0.6) is 11.5 Å². The van der Waals surface area contributed by atoms with Crippen LogP contribution in [0, 0.1) is 0 Å². The number of hydrogen-bond donors (Lipinski definition) is 1. The molecule has 0 aliphatic rings. The van der Waals surface area contributed by atoms with Gasteiger partial charge in [0, 0.05) is 18.3 Å². The van der Waals surface area contributed by atoms with E-state index in [1.54, 1.807) is 14.2 Å². The van der Waals surface area contributed by atoms with Gasteiger partial charge in [0.05, 0.1) is 18.7 Å². The van der Waals surface area contributed by atoms with Crippen molar-refractivity contribution in [3.05, 3.63) is 22.2 Å². The maximum atomic E-state index is 5.34. The highest BCUT2D eigenvalue weighted by molar-refractivity contribution is 9.10. The van der Waals surface area contributed by atoms with Gasteiger partial charge in [-0.2, -0.15) is 11.8 Å². The van der Waals surface area contributed by atoms with E-state index in [0.717, 1.165) is 34.0 Å². The minimum absolute atomic E-state index is 0.497. The molecule has 1 aromatic rings. The fourth-order valence-electron chi connectivity index (χ4n) is 1.72. The third kappa shape index (κ3) is 5.24. The van der Waals surface area contributed by atoms with E-state index in [0.29, 0.717) is 6.04 Å². The van der Waals surface area contributed by atoms with E-state index in [1.165, 1.54) is 5.56 Å². The van der Waals surface area contributed by atoms with Gasteiger partial charge in [-0.1, -0.05) is 6.92 Å². The maximum absolute atomic E-state index is 5.34. The number of halogens is 1. The van der Waals surface area contributed by atoms with Crippen molar-refractivity contribution in [3.63, 3.8) is 0 Å². The van der Waals surface area contributed by atoms with Crippen molar-refractivity contribution < 1.29 is 9.47 Å². The number of methoxy groups -OCH3 is 2. The van der Waals surface area contributed by atoms with Gasteiger partial charge in [-0.3, -0.25) is 0 Å². The van der Waals surface area contributed by atoms with Crippen LogP contribution in [0.1, 0.15) is 19.4 Å². The highest BCUT2D eigenvalue weighted by atomic mass is 79.9. The molecule has 0 fully saturated rings. The Morgan fingerprint density at radius 3 is 2.63 bits per heavy atom. The highest BCUT2D eigenvalue weighted by Crippen LogP contribution is 2.36. The van der Waals surface area contributed by atoms with E-state index in [1.807, 2.05) is 17.8 Å². The number of nitrogens with one attached hydrogen (secondary N) is 1. The maximum Gasteiger partial charge on any atom is 0.174 e. The van der Waals surface area contributed by atoms with Gasteiger partial charge in [-0.05, 0) is 46.3 Å². The predicted octanol–water partition coefficient (Wildman–Crippen LogP) is 3.70. The van der Waals surface area contributed by atoms with Crippen molar-refractivity contribution in [2.24, 2.45) is 0 Å². The molecule has 1 unspecified atom stereocenters. The lowest BCUT2D eigenvalue weighted by Crippen LogP contribution is -2.27. The van der Waals surface area contributed by atoms with Crippen LogP contribution in [0.15, 0.2) is 16.6 Å². The number of hydrogen-bond acceptors (Lipinski definition) is 4. The van der Waals surface area contributed by atoms with Gasteiger partial charge in [0.1, 0.15) is 0 Å². The molecule has 0 saturated heterocycles. The SMILES string of the molecule is CCSCC(C)NCc1cc(Br)c(OC)c(OC)c1. The Hall–Kier alpha value is -0.390. The lowest BCUT2D eigenvalue weighted by molar-refractivity contribution is 0.352. The Morgan fingerprint density at radius 2 is 2.05 bits per heavy atom. The summed E-state index contributed by atoms with van der Waals surface area (Å²) in [7, 11) is 3.30. The molecule has 0 radical (unpaired) electrons. The third-order valence-corrected chi connectivity index (χ3v) is 4.45. The van der Waals surface area contributed by atoms with E-state index in [9.17, 15) is 0 Å².